The molecule has 39 heavy (non-hydrogen) atoms. The highest BCUT2D eigenvalue weighted by atomic mass is 35.5. The highest BCUT2D eigenvalue weighted by Gasteiger charge is 2.41. The van der Waals surface area contributed by atoms with Gasteiger partial charge in [0.05, 0.1) is 28.0 Å². The summed E-state index contributed by atoms with van der Waals surface area (Å²) < 4.78 is 1.91. The van der Waals surface area contributed by atoms with E-state index >= 15 is 0 Å². The van der Waals surface area contributed by atoms with E-state index in [1.54, 1.807) is 18.6 Å². The van der Waals surface area contributed by atoms with E-state index in [-0.39, 0.29) is 0 Å². The molecular weight excluding hydrogens is 510 g/mol. The zero-order valence-corrected chi connectivity index (χ0v) is 21.9. The molecule has 1 N–H and O–H groups in total. The number of benzene rings is 1. The van der Waals surface area contributed by atoms with E-state index in [9.17, 15) is 0 Å². The van der Waals surface area contributed by atoms with Crippen molar-refractivity contribution in [2.24, 2.45) is 0 Å². The summed E-state index contributed by atoms with van der Waals surface area (Å²) in [4.78, 5) is 18.8. The van der Waals surface area contributed by atoms with Crippen molar-refractivity contribution in [1.29, 1.82) is 0 Å². The fraction of sp³-hybridized carbons (Fsp3) is 0.207. The first-order valence-electron chi connectivity index (χ1n) is 13.0. The predicted octanol–water partition coefficient (Wildman–Crippen LogP) is 4.94. The lowest BCUT2D eigenvalue weighted by Crippen LogP contribution is -2.44. The number of piperazine rings is 1. The Balaban J connectivity index is 1.29. The summed E-state index contributed by atoms with van der Waals surface area (Å²) in [6.07, 6.45) is 10.3. The van der Waals surface area contributed by atoms with Crippen LogP contribution in [0.1, 0.15) is 6.42 Å². The molecule has 0 saturated carbocycles. The molecule has 2 saturated heterocycles. The molecule has 0 amide bonds. The zero-order chi connectivity index (χ0) is 26.1. The third-order valence-electron chi connectivity index (χ3n) is 8.16. The van der Waals surface area contributed by atoms with Crippen molar-refractivity contribution < 1.29 is 0 Å². The summed E-state index contributed by atoms with van der Waals surface area (Å²) in [7, 11) is 2.22. The van der Waals surface area contributed by atoms with Crippen LogP contribution in [0.5, 0.6) is 0 Å². The molecule has 2 aliphatic heterocycles. The lowest BCUT2D eigenvalue weighted by molar-refractivity contribution is 0.292. The van der Waals surface area contributed by atoms with Gasteiger partial charge in [0.15, 0.2) is 5.65 Å². The fourth-order valence-corrected chi connectivity index (χ4v) is 6.40. The number of pyridine rings is 2. The third-order valence-corrected chi connectivity index (χ3v) is 8.47. The first-order chi connectivity index (χ1) is 19.2. The Bertz CT molecular complexity index is 1840. The SMILES string of the molecule is CN1C[C@@H]2C[C@H]1CN2c1ccc(-c2ccnc3c(-c4ccc(Cl)c5[nH]ncc45)c(-c4ccncc4)nn23)cn1. The van der Waals surface area contributed by atoms with Gasteiger partial charge in [-0.05, 0) is 55.4 Å². The number of nitrogens with one attached hydrogen (secondary N) is 1. The predicted molar refractivity (Wildman–Crippen MR) is 152 cm³/mol. The normalized spacial score (nSPS) is 19.1. The maximum Gasteiger partial charge on any atom is 0.164 e. The maximum atomic E-state index is 6.47. The van der Waals surface area contributed by atoms with Crippen LogP contribution in [0.15, 0.2) is 73.4 Å². The van der Waals surface area contributed by atoms with Crippen molar-refractivity contribution in [1.82, 2.24) is 39.7 Å². The molecule has 2 bridgehead atoms. The van der Waals surface area contributed by atoms with Crippen molar-refractivity contribution in [3.05, 3.63) is 78.5 Å². The van der Waals surface area contributed by atoms with E-state index < -0.39 is 0 Å². The first-order valence-corrected chi connectivity index (χ1v) is 13.4. The molecule has 7 heterocycles. The summed E-state index contributed by atoms with van der Waals surface area (Å²) in [6.45, 7) is 2.13. The average Bonchev–Trinajstić information content (AvgIpc) is 3.77. The van der Waals surface area contributed by atoms with Crippen LogP contribution in [0.4, 0.5) is 5.82 Å². The summed E-state index contributed by atoms with van der Waals surface area (Å²) in [6, 6.07) is 15.2. The van der Waals surface area contributed by atoms with Gasteiger partial charge in [-0.25, -0.2) is 14.5 Å². The van der Waals surface area contributed by atoms with Crippen LogP contribution in [0.3, 0.4) is 0 Å². The van der Waals surface area contributed by atoms with Gasteiger partial charge in [-0.15, -0.1) is 0 Å². The number of likely N-dealkylation sites (tertiary alicyclic amines) is 1. The number of halogens is 1. The number of anilines is 1. The number of hydrogen-bond acceptors (Lipinski definition) is 7. The maximum absolute atomic E-state index is 6.47. The number of hydrogen-bond donors (Lipinski definition) is 1. The number of likely N-dealkylation sites (N-methyl/N-ethyl adjacent to an activating group) is 1. The molecule has 5 aromatic heterocycles. The topological polar surface area (TPSA) is 91.1 Å². The zero-order valence-electron chi connectivity index (χ0n) is 21.2. The van der Waals surface area contributed by atoms with E-state index in [0.717, 1.165) is 69.1 Å². The van der Waals surface area contributed by atoms with E-state index in [1.807, 2.05) is 47.2 Å². The summed E-state index contributed by atoms with van der Waals surface area (Å²) >= 11 is 6.47. The second-order valence-corrected chi connectivity index (χ2v) is 10.7. The van der Waals surface area contributed by atoms with Gasteiger partial charge in [0.2, 0.25) is 0 Å². The number of fused-ring (bicyclic) bond motifs is 4. The quantitative estimate of drug-likeness (QED) is 0.343. The minimum Gasteiger partial charge on any atom is -0.351 e. The Morgan fingerprint density at radius 3 is 2.56 bits per heavy atom. The molecule has 8 rings (SSSR count). The van der Waals surface area contributed by atoms with E-state index in [1.165, 1.54) is 6.42 Å². The molecule has 0 radical (unpaired) electrons. The Morgan fingerprint density at radius 1 is 0.897 bits per heavy atom. The largest absolute Gasteiger partial charge is 0.351 e. The first kappa shape index (κ1) is 22.6. The van der Waals surface area contributed by atoms with Crippen molar-refractivity contribution in [2.45, 2.75) is 18.5 Å². The molecular formula is C29H24ClN9. The fourth-order valence-electron chi connectivity index (χ4n) is 6.20. The Morgan fingerprint density at radius 2 is 1.79 bits per heavy atom. The number of aromatic amines is 1. The molecule has 6 aromatic rings. The van der Waals surface area contributed by atoms with Crippen molar-refractivity contribution >= 4 is 34.0 Å². The van der Waals surface area contributed by atoms with Crippen LogP contribution in [-0.4, -0.2) is 71.9 Å². The minimum absolute atomic E-state index is 0.543. The summed E-state index contributed by atoms with van der Waals surface area (Å²) in [5.41, 5.74) is 7.05. The molecule has 9 nitrogen and oxygen atoms in total. The van der Waals surface area contributed by atoms with Crippen LogP contribution < -0.4 is 4.90 Å². The van der Waals surface area contributed by atoms with E-state index in [0.29, 0.717) is 17.1 Å². The van der Waals surface area contributed by atoms with E-state index in [2.05, 4.69) is 44.2 Å². The lowest BCUT2D eigenvalue weighted by Gasteiger charge is -2.32. The molecule has 1 aromatic carbocycles. The standard InChI is InChI=1S/C29H24ClN9/c1-37-15-20-12-19(37)16-38(20)25-5-2-18(13-33-25)24-8-11-32-29-26(21-3-4-23(30)28-22(21)14-34-35-28)27(36-39(24)29)17-6-9-31-10-7-17/h2-11,13-14,19-20H,12,15-16H2,1H3,(H,34,35)/t19-,20-/m0/s1. The molecule has 10 heteroatoms. The number of aromatic nitrogens is 7. The van der Waals surface area contributed by atoms with Crippen molar-refractivity contribution in [3.63, 3.8) is 0 Å². The minimum atomic E-state index is 0.543. The summed E-state index contributed by atoms with van der Waals surface area (Å²) in [5.74, 6) is 1.03. The van der Waals surface area contributed by atoms with E-state index in [4.69, 9.17) is 26.7 Å². The second kappa shape index (κ2) is 8.59. The number of nitrogens with zero attached hydrogens (tertiary/aromatic N) is 8. The number of rotatable bonds is 4. The molecule has 2 fully saturated rings. The summed E-state index contributed by atoms with van der Waals surface area (Å²) in [5, 5.41) is 13.9. The third kappa shape index (κ3) is 3.47. The van der Waals surface area contributed by atoms with Crippen LogP contribution in [0, 0.1) is 0 Å². The van der Waals surface area contributed by atoms with Crippen LogP contribution in [0.25, 0.3) is 50.2 Å². The Kier molecular flexibility index (Phi) is 4.98. The lowest BCUT2D eigenvalue weighted by atomic mass is 9.99. The van der Waals surface area contributed by atoms with Crippen molar-refractivity contribution in [2.75, 3.05) is 25.0 Å². The molecule has 2 atom stereocenters. The number of H-pyrrole nitrogens is 1. The van der Waals surface area contributed by atoms with Gasteiger partial charge in [-0.1, -0.05) is 17.7 Å². The highest BCUT2D eigenvalue weighted by Crippen LogP contribution is 2.40. The molecule has 192 valence electrons. The van der Waals surface area contributed by atoms with Crippen LogP contribution in [-0.2, 0) is 0 Å². The van der Waals surface area contributed by atoms with Gasteiger partial charge in [-0.3, -0.25) is 15.0 Å². The molecule has 2 aliphatic rings. The molecule has 0 spiro atoms. The van der Waals surface area contributed by atoms with Crippen LogP contribution in [0.2, 0.25) is 5.02 Å². The Hall–Kier alpha value is -4.34. The van der Waals surface area contributed by atoms with Gasteiger partial charge in [0.25, 0.3) is 0 Å². The Labute approximate surface area is 229 Å². The van der Waals surface area contributed by atoms with Crippen LogP contribution >= 0.6 is 11.6 Å². The second-order valence-electron chi connectivity index (χ2n) is 10.3. The smallest absolute Gasteiger partial charge is 0.164 e. The van der Waals surface area contributed by atoms with Gasteiger partial charge >= 0.3 is 0 Å². The van der Waals surface area contributed by atoms with Gasteiger partial charge < -0.3 is 4.90 Å². The van der Waals surface area contributed by atoms with Gasteiger partial charge in [-0.2, -0.15) is 10.2 Å². The highest BCUT2D eigenvalue weighted by molar-refractivity contribution is 6.35. The molecule has 0 aliphatic carbocycles. The average molecular weight is 534 g/mol. The monoisotopic (exact) mass is 533 g/mol. The molecule has 0 unspecified atom stereocenters. The van der Waals surface area contributed by atoms with Gasteiger partial charge in [0.1, 0.15) is 11.5 Å². The van der Waals surface area contributed by atoms with Crippen molar-refractivity contribution in [3.8, 4) is 33.6 Å². The van der Waals surface area contributed by atoms with Gasteiger partial charge in [0, 0.05) is 66.5 Å².